The third-order valence-corrected chi connectivity index (χ3v) is 4.26. The maximum absolute atomic E-state index is 12.8. The minimum Gasteiger partial charge on any atom is -0.398 e. The van der Waals surface area contributed by atoms with E-state index in [4.69, 9.17) is 5.73 Å². The standard InChI is InChI=1S/C20H18N4O2/c21-12-15(13-23-19(25)16-8-2-3-9-17(16)22)20(26)24-11-5-7-14-6-1-4-10-18(14)24/h1-4,6,8-10,13H,5,7,11,22H2,(H,23,25)/b15-13-. The molecule has 0 fully saturated rings. The summed E-state index contributed by atoms with van der Waals surface area (Å²) in [6.45, 7) is 0.536. The van der Waals surface area contributed by atoms with Gasteiger partial charge in [0.2, 0.25) is 0 Å². The first-order valence-electron chi connectivity index (χ1n) is 8.27. The highest BCUT2D eigenvalue weighted by atomic mass is 16.2. The quantitative estimate of drug-likeness (QED) is 0.506. The Morgan fingerprint density at radius 1 is 1.15 bits per heavy atom. The van der Waals surface area contributed by atoms with E-state index in [9.17, 15) is 14.9 Å². The molecule has 0 saturated heterocycles. The maximum Gasteiger partial charge on any atom is 0.270 e. The molecular formula is C20H18N4O2. The first-order chi connectivity index (χ1) is 12.6. The van der Waals surface area contributed by atoms with Crippen LogP contribution in [0.25, 0.3) is 0 Å². The molecule has 0 saturated carbocycles. The molecule has 0 unspecified atom stereocenters. The Morgan fingerprint density at radius 3 is 2.65 bits per heavy atom. The molecule has 26 heavy (non-hydrogen) atoms. The number of hydrogen-bond donors (Lipinski definition) is 2. The molecule has 0 spiro atoms. The monoisotopic (exact) mass is 346 g/mol. The summed E-state index contributed by atoms with van der Waals surface area (Å²) in [5.74, 6) is -0.899. The number of carbonyl (C=O) groups is 2. The number of para-hydroxylation sites is 2. The molecule has 6 nitrogen and oxygen atoms in total. The van der Waals surface area contributed by atoms with Crippen LogP contribution in [0.5, 0.6) is 0 Å². The van der Waals surface area contributed by atoms with Crippen LogP contribution >= 0.6 is 0 Å². The predicted molar refractivity (Wildman–Crippen MR) is 99.1 cm³/mol. The van der Waals surface area contributed by atoms with Crippen molar-refractivity contribution in [2.75, 3.05) is 17.2 Å². The lowest BCUT2D eigenvalue weighted by atomic mass is 10.0. The number of nitriles is 1. The van der Waals surface area contributed by atoms with Gasteiger partial charge >= 0.3 is 0 Å². The highest BCUT2D eigenvalue weighted by Crippen LogP contribution is 2.27. The molecule has 0 aliphatic carbocycles. The summed E-state index contributed by atoms with van der Waals surface area (Å²) in [6.07, 6.45) is 2.87. The molecule has 1 heterocycles. The zero-order valence-corrected chi connectivity index (χ0v) is 14.1. The molecule has 0 aromatic heterocycles. The number of nitrogen functional groups attached to an aromatic ring is 1. The Bertz CT molecular complexity index is 927. The number of hydrogen-bond acceptors (Lipinski definition) is 4. The van der Waals surface area contributed by atoms with Gasteiger partial charge in [0.25, 0.3) is 11.8 Å². The van der Waals surface area contributed by atoms with Gasteiger partial charge in [0.05, 0.1) is 5.56 Å². The van der Waals surface area contributed by atoms with E-state index in [-0.39, 0.29) is 11.1 Å². The van der Waals surface area contributed by atoms with Gasteiger partial charge in [0.15, 0.2) is 0 Å². The summed E-state index contributed by atoms with van der Waals surface area (Å²) < 4.78 is 0. The molecule has 0 bridgehead atoms. The molecular weight excluding hydrogens is 328 g/mol. The van der Waals surface area contributed by atoms with Gasteiger partial charge in [-0.1, -0.05) is 30.3 Å². The van der Waals surface area contributed by atoms with Crippen LogP contribution in [0.2, 0.25) is 0 Å². The van der Waals surface area contributed by atoms with Crippen molar-refractivity contribution in [3.8, 4) is 6.07 Å². The molecule has 6 heteroatoms. The van der Waals surface area contributed by atoms with Gasteiger partial charge in [-0.3, -0.25) is 9.59 Å². The number of benzene rings is 2. The second-order valence-electron chi connectivity index (χ2n) is 5.92. The van der Waals surface area contributed by atoms with Gasteiger partial charge in [-0.05, 0) is 36.6 Å². The molecule has 3 rings (SSSR count). The van der Waals surface area contributed by atoms with Crippen molar-refractivity contribution in [3.05, 3.63) is 71.4 Å². The first-order valence-corrected chi connectivity index (χ1v) is 8.27. The van der Waals surface area contributed by atoms with Gasteiger partial charge in [-0.2, -0.15) is 5.26 Å². The van der Waals surface area contributed by atoms with E-state index >= 15 is 0 Å². The third-order valence-electron chi connectivity index (χ3n) is 4.26. The fourth-order valence-electron chi connectivity index (χ4n) is 2.95. The third kappa shape index (κ3) is 3.42. The average molecular weight is 346 g/mol. The second kappa shape index (κ2) is 7.53. The van der Waals surface area contributed by atoms with Crippen LogP contribution in [0.3, 0.4) is 0 Å². The van der Waals surface area contributed by atoms with E-state index in [1.54, 1.807) is 29.2 Å². The Labute approximate surface area is 151 Å². The van der Waals surface area contributed by atoms with Crippen LogP contribution in [0.15, 0.2) is 60.3 Å². The molecule has 2 amide bonds. The average Bonchev–Trinajstić information content (AvgIpc) is 2.68. The largest absolute Gasteiger partial charge is 0.398 e. The molecule has 2 aromatic carbocycles. The Balaban J connectivity index is 1.80. The number of rotatable bonds is 3. The summed E-state index contributed by atoms with van der Waals surface area (Å²) in [5.41, 5.74) is 8.13. The SMILES string of the molecule is N#C/C(=C/NC(=O)c1ccccc1N)C(=O)N1CCCc2ccccc21. The van der Waals surface area contributed by atoms with Crippen molar-refractivity contribution in [1.82, 2.24) is 5.32 Å². The number of anilines is 2. The summed E-state index contributed by atoms with van der Waals surface area (Å²) >= 11 is 0. The number of amides is 2. The number of fused-ring (bicyclic) bond motifs is 1. The van der Waals surface area contributed by atoms with Crippen molar-refractivity contribution in [2.45, 2.75) is 12.8 Å². The van der Waals surface area contributed by atoms with Crippen molar-refractivity contribution in [3.63, 3.8) is 0 Å². The van der Waals surface area contributed by atoms with Crippen LogP contribution in [0, 0.1) is 11.3 Å². The Kier molecular flexibility index (Phi) is 4.99. The first kappa shape index (κ1) is 17.2. The van der Waals surface area contributed by atoms with Crippen LogP contribution in [0.1, 0.15) is 22.3 Å². The molecule has 3 N–H and O–H groups in total. The molecule has 130 valence electrons. The minimum atomic E-state index is -0.470. The molecule has 0 radical (unpaired) electrons. The summed E-state index contributed by atoms with van der Waals surface area (Å²) in [7, 11) is 0. The zero-order valence-electron chi connectivity index (χ0n) is 14.1. The van der Waals surface area contributed by atoms with Crippen LogP contribution in [0.4, 0.5) is 11.4 Å². The van der Waals surface area contributed by atoms with E-state index in [0.29, 0.717) is 12.2 Å². The van der Waals surface area contributed by atoms with Gasteiger partial charge in [-0.15, -0.1) is 0 Å². The maximum atomic E-state index is 12.8. The molecule has 1 aliphatic heterocycles. The number of nitrogens with one attached hydrogen (secondary N) is 1. The van der Waals surface area contributed by atoms with E-state index < -0.39 is 11.8 Å². The molecule has 0 atom stereocenters. The lowest BCUT2D eigenvalue weighted by Crippen LogP contribution is -2.36. The fraction of sp³-hybridized carbons (Fsp3) is 0.150. The van der Waals surface area contributed by atoms with Gasteiger partial charge in [0, 0.05) is 24.1 Å². The summed E-state index contributed by atoms with van der Waals surface area (Å²) in [5, 5.41) is 11.9. The fourth-order valence-corrected chi connectivity index (χ4v) is 2.95. The number of nitrogens with zero attached hydrogens (tertiary/aromatic N) is 2. The van der Waals surface area contributed by atoms with Gasteiger partial charge < -0.3 is 16.0 Å². The van der Waals surface area contributed by atoms with Crippen molar-refractivity contribution in [2.24, 2.45) is 0 Å². The lowest BCUT2D eigenvalue weighted by Gasteiger charge is -2.29. The molecule has 1 aliphatic rings. The van der Waals surface area contributed by atoms with E-state index in [2.05, 4.69) is 5.32 Å². The lowest BCUT2D eigenvalue weighted by molar-refractivity contribution is -0.114. The van der Waals surface area contributed by atoms with Gasteiger partial charge in [-0.25, -0.2) is 0 Å². The predicted octanol–water partition coefficient (Wildman–Crippen LogP) is 2.39. The van der Waals surface area contributed by atoms with E-state index in [0.717, 1.165) is 30.3 Å². The van der Waals surface area contributed by atoms with E-state index in [1.807, 2.05) is 30.3 Å². The summed E-state index contributed by atoms with van der Waals surface area (Å²) in [4.78, 5) is 26.6. The Morgan fingerprint density at radius 2 is 1.88 bits per heavy atom. The number of aryl methyl sites for hydroxylation is 1. The highest BCUT2D eigenvalue weighted by Gasteiger charge is 2.25. The normalized spacial score (nSPS) is 13.5. The minimum absolute atomic E-state index is 0.135. The number of carbonyl (C=O) groups excluding carboxylic acids is 2. The van der Waals surface area contributed by atoms with Crippen molar-refractivity contribution in [1.29, 1.82) is 5.26 Å². The Hall–Kier alpha value is -3.59. The highest BCUT2D eigenvalue weighted by molar-refractivity contribution is 6.09. The zero-order chi connectivity index (χ0) is 18.5. The molecule has 2 aromatic rings. The topological polar surface area (TPSA) is 99.2 Å². The van der Waals surface area contributed by atoms with Crippen LogP contribution < -0.4 is 16.0 Å². The van der Waals surface area contributed by atoms with Crippen LogP contribution in [-0.2, 0) is 11.2 Å². The smallest absolute Gasteiger partial charge is 0.270 e. The van der Waals surface area contributed by atoms with E-state index in [1.165, 1.54) is 0 Å². The van der Waals surface area contributed by atoms with Gasteiger partial charge in [0.1, 0.15) is 11.6 Å². The van der Waals surface area contributed by atoms with Crippen molar-refractivity contribution < 1.29 is 9.59 Å². The second-order valence-corrected chi connectivity index (χ2v) is 5.92. The summed E-state index contributed by atoms with van der Waals surface area (Å²) in [6, 6.07) is 16.1. The van der Waals surface area contributed by atoms with Crippen molar-refractivity contribution >= 4 is 23.2 Å². The van der Waals surface area contributed by atoms with Crippen LogP contribution in [-0.4, -0.2) is 18.4 Å². The number of nitrogens with two attached hydrogens (primary N) is 1.